The Morgan fingerprint density at radius 1 is 0.925 bits per heavy atom. The summed E-state index contributed by atoms with van der Waals surface area (Å²) in [6, 6.07) is 20.6. The van der Waals surface area contributed by atoms with Crippen molar-refractivity contribution in [2.75, 3.05) is 31.9 Å². The molecule has 4 rings (SSSR count). The Morgan fingerprint density at radius 2 is 1.55 bits per heavy atom. The van der Waals surface area contributed by atoms with Crippen molar-refractivity contribution in [1.82, 2.24) is 25.5 Å². The van der Waals surface area contributed by atoms with Crippen molar-refractivity contribution in [3.63, 3.8) is 0 Å². The van der Waals surface area contributed by atoms with Crippen molar-refractivity contribution in [2.24, 2.45) is 5.92 Å². The highest BCUT2D eigenvalue weighted by atomic mass is 32.2. The maximum atomic E-state index is 13.2. The molecule has 0 aliphatic heterocycles. The van der Waals surface area contributed by atoms with Crippen LogP contribution in [0.15, 0.2) is 83.8 Å². The first-order chi connectivity index (χ1) is 25.2. The lowest BCUT2D eigenvalue weighted by Crippen LogP contribution is -2.54. The fourth-order valence-corrected chi connectivity index (χ4v) is 5.94. The number of hydrogen-bond donors (Lipinski definition) is 6. The van der Waals surface area contributed by atoms with Gasteiger partial charge in [-0.15, -0.1) is 0 Å². The lowest BCUT2D eigenvalue weighted by molar-refractivity contribution is -0.174. The van der Waals surface area contributed by atoms with Crippen LogP contribution < -0.4 is 21.7 Å². The van der Waals surface area contributed by atoms with Crippen LogP contribution in [0.3, 0.4) is 0 Å². The van der Waals surface area contributed by atoms with Crippen LogP contribution in [0.2, 0.25) is 0 Å². The quantitative estimate of drug-likeness (QED) is 0.0498. The Balaban J connectivity index is 0.00000185. The van der Waals surface area contributed by atoms with Crippen LogP contribution in [0, 0.1) is 5.92 Å². The third kappa shape index (κ3) is 16.1. The fourth-order valence-electron chi connectivity index (χ4n) is 5.25. The molecule has 14 heteroatoms. The van der Waals surface area contributed by atoms with E-state index in [0.717, 1.165) is 39.1 Å². The maximum absolute atomic E-state index is 13.2. The highest BCUT2D eigenvalue weighted by Crippen LogP contribution is 2.46. The van der Waals surface area contributed by atoms with Gasteiger partial charge in [0.15, 0.2) is 0 Å². The first-order valence-corrected chi connectivity index (χ1v) is 18.9. The number of hydrazine groups is 1. The van der Waals surface area contributed by atoms with E-state index in [-0.39, 0.29) is 32.0 Å². The monoisotopic (exact) mass is 762 g/mol. The molecule has 0 bridgehead atoms. The zero-order valence-electron chi connectivity index (χ0n) is 31.6. The molecule has 0 heterocycles. The molecular formula is C39H57F3N6O4S. The first-order valence-electron chi connectivity index (χ1n) is 18.1. The van der Waals surface area contributed by atoms with E-state index in [4.69, 9.17) is 5.73 Å². The van der Waals surface area contributed by atoms with Gasteiger partial charge in [-0.1, -0.05) is 95.0 Å². The summed E-state index contributed by atoms with van der Waals surface area (Å²) in [5, 5.41) is 32.4. The number of alkyl halides is 3. The number of hydrogen-bond acceptors (Lipinski definition) is 9. The number of carbonyl (C=O) groups is 2. The lowest BCUT2D eigenvalue weighted by atomic mass is 10.0. The molecule has 0 spiro atoms. The van der Waals surface area contributed by atoms with Crippen LogP contribution in [-0.4, -0.2) is 70.0 Å². The van der Waals surface area contributed by atoms with Gasteiger partial charge in [0.05, 0.1) is 30.8 Å². The maximum Gasteiger partial charge on any atom is 0.416 e. The number of nitrogen functional groups attached to an aromatic ring is 1. The Morgan fingerprint density at radius 3 is 2.11 bits per heavy atom. The summed E-state index contributed by atoms with van der Waals surface area (Å²) in [6.45, 7) is 12.0. The summed E-state index contributed by atoms with van der Waals surface area (Å²) in [4.78, 5) is 26.4. The van der Waals surface area contributed by atoms with E-state index in [1.54, 1.807) is 35.3 Å². The molecule has 0 saturated heterocycles. The van der Waals surface area contributed by atoms with Crippen LogP contribution >= 0.6 is 11.9 Å². The third-order valence-corrected chi connectivity index (χ3v) is 8.80. The molecule has 1 aliphatic carbocycles. The normalized spacial score (nSPS) is 14.4. The Bertz CT molecular complexity index is 1510. The topological polar surface area (TPSA) is 143 Å². The summed E-state index contributed by atoms with van der Waals surface area (Å²) in [5.41, 5.74) is 6.22. The van der Waals surface area contributed by atoms with E-state index in [9.17, 15) is 33.1 Å². The van der Waals surface area contributed by atoms with Gasteiger partial charge in [0.1, 0.15) is 0 Å². The predicted octanol–water partition coefficient (Wildman–Crippen LogP) is 6.78. The minimum Gasteiger partial charge on any atom is -0.399 e. The zero-order valence-corrected chi connectivity index (χ0v) is 32.4. The van der Waals surface area contributed by atoms with E-state index in [0.29, 0.717) is 30.6 Å². The van der Waals surface area contributed by atoms with Gasteiger partial charge < -0.3 is 21.5 Å². The zero-order chi connectivity index (χ0) is 39.6. The molecule has 1 unspecified atom stereocenters. The van der Waals surface area contributed by atoms with Gasteiger partial charge in [-0.2, -0.15) is 13.2 Å². The lowest BCUT2D eigenvalue weighted by Gasteiger charge is -2.34. The SMILES string of the molecule is CC.CC(C)CN(CC(O)[C@H](Cc1ccccc1)NC(=O)CNC(=O)CNC1(c2cccc(C(F)(F)F)c2)CC1)N(O)Sc1ccc(N)cc1.CCC. The number of nitrogens with zero attached hydrogens (tertiary/aromatic N) is 2. The fraction of sp³-hybridized carbons (Fsp3) is 0.487. The van der Waals surface area contributed by atoms with Crippen LogP contribution in [0.5, 0.6) is 0 Å². The summed E-state index contributed by atoms with van der Waals surface area (Å²) in [7, 11) is 0. The summed E-state index contributed by atoms with van der Waals surface area (Å²) in [6.07, 6.45) is -2.88. The molecule has 2 amide bonds. The molecular weight excluding hydrogens is 706 g/mol. The second-order valence-corrected chi connectivity index (χ2v) is 14.1. The van der Waals surface area contributed by atoms with Crippen molar-refractivity contribution in [3.8, 4) is 0 Å². The van der Waals surface area contributed by atoms with E-state index >= 15 is 0 Å². The molecule has 1 aliphatic rings. The molecule has 7 N–H and O–H groups in total. The van der Waals surface area contributed by atoms with Gasteiger partial charge in [0, 0.05) is 41.2 Å². The molecule has 2 atom stereocenters. The summed E-state index contributed by atoms with van der Waals surface area (Å²) in [5.74, 6) is -0.898. The van der Waals surface area contributed by atoms with E-state index < -0.39 is 41.2 Å². The van der Waals surface area contributed by atoms with Gasteiger partial charge in [0.25, 0.3) is 0 Å². The second-order valence-electron chi connectivity index (χ2n) is 13.1. The van der Waals surface area contributed by atoms with Gasteiger partial charge in [-0.25, -0.2) is 5.01 Å². The number of aliphatic hydroxyl groups excluding tert-OH is 1. The summed E-state index contributed by atoms with van der Waals surface area (Å²) < 4.78 is 40.6. The molecule has 0 radical (unpaired) electrons. The van der Waals surface area contributed by atoms with E-state index in [2.05, 4.69) is 29.8 Å². The van der Waals surface area contributed by atoms with Crippen molar-refractivity contribution >= 4 is 29.4 Å². The largest absolute Gasteiger partial charge is 0.416 e. The highest BCUT2D eigenvalue weighted by Gasteiger charge is 2.45. The first kappa shape index (κ1) is 45.5. The Kier molecular flexibility index (Phi) is 19.3. The number of nitrogens with one attached hydrogen (secondary N) is 3. The number of aliphatic hydroxyl groups is 1. The highest BCUT2D eigenvalue weighted by molar-refractivity contribution is 7.96. The van der Waals surface area contributed by atoms with Crippen molar-refractivity contribution in [3.05, 3.63) is 95.6 Å². The molecule has 53 heavy (non-hydrogen) atoms. The minimum absolute atomic E-state index is 0.0116. The van der Waals surface area contributed by atoms with Crippen molar-refractivity contribution in [1.29, 1.82) is 0 Å². The predicted molar refractivity (Wildman–Crippen MR) is 206 cm³/mol. The van der Waals surface area contributed by atoms with Crippen LogP contribution in [0.4, 0.5) is 18.9 Å². The number of carbonyl (C=O) groups excluding carboxylic acids is 2. The van der Waals surface area contributed by atoms with Crippen LogP contribution in [0.1, 0.15) is 77.5 Å². The molecule has 1 fully saturated rings. The molecule has 3 aromatic rings. The Hall–Kier alpha value is -3.66. The molecule has 1 saturated carbocycles. The minimum atomic E-state index is -4.47. The number of rotatable bonds is 17. The number of nitrogens with two attached hydrogens (primary N) is 1. The van der Waals surface area contributed by atoms with Crippen molar-refractivity contribution < 1.29 is 33.1 Å². The molecule has 0 aromatic heterocycles. The van der Waals surface area contributed by atoms with E-state index in [1.165, 1.54) is 12.5 Å². The Labute approximate surface area is 316 Å². The second kappa shape index (κ2) is 22.5. The molecule has 3 aromatic carbocycles. The average Bonchev–Trinajstić information content (AvgIpc) is 3.92. The van der Waals surface area contributed by atoms with Crippen LogP contribution in [-0.2, 0) is 27.7 Å². The number of anilines is 1. The van der Waals surface area contributed by atoms with Gasteiger partial charge in [0.2, 0.25) is 11.8 Å². The standard InChI is InChI=1S/C34H43F3N6O4S.C3H8.C2H6/c1-23(2)21-42(43(47)48-28-13-11-27(38)12-14-28)22-30(44)29(17-24-7-4-3-5-8-24)41-32(46)19-39-31(45)20-40-33(15-16-33)25-9-6-10-26(18-25)34(35,36)37;1-3-2;1-2/h3-14,18,23,29-30,40,44,47H,15-17,19-22,38H2,1-2H3,(H,39,45)(H,41,46);3H2,1-2H3;1-2H3/t29-,30?;;/m0../s1. The van der Waals surface area contributed by atoms with Crippen LogP contribution in [0.25, 0.3) is 0 Å². The van der Waals surface area contributed by atoms with Gasteiger partial charge >= 0.3 is 6.18 Å². The molecule has 10 nitrogen and oxygen atoms in total. The number of halogens is 3. The summed E-state index contributed by atoms with van der Waals surface area (Å²) >= 11 is 1.05. The van der Waals surface area contributed by atoms with Crippen molar-refractivity contribution in [2.45, 2.75) is 96.0 Å². The third-order valence-electron chi connectivity index (χ3n) is 7.92. The van der Waals surface area contributed by atoms with E-state index in [1.807, 2.05) is 58.0 Å². The van der Waals surface area contributed by atoms with Gasteiger partial charge in [-0.3, -0.25) is 20.1 Å². The number of benzene rings is 3. The smallest absolute Gasteiger partial charge is 0.399 e. The van der Waals surface area contributed by atoms with Gasteiger partial charge in [-0.05, 0) is 72.7 Å². The number of amides is 2. The molecule has 294 valence electrons. The average molecular weight is 763 g/mol.